The quantitative estimate of drug-likeness (QED) is 0.289. The van der Waals surface area contributed by atoms with Gasteiger partial charge >= 0.3 is 0 Å². The number of halogens is 1. The number of aromatic nitrogens is 1. The van der Waals surface area contributed by atoms with E-state index in [9.17, 15) is 9.90 Å². The zero-order chi connectivity index (χ0) is 21.8. The van der Waals surface area contributed by atoms with Crippen LogP contribution in [0.4, 0.5) is 0 Å². The van der Waals surface area contributed by atoms with Gasteiger partial charge in [-0.05, 0) is 88.6 Å². The Labute approximate surface area is 188 Å². The maximum atomic E-state index is 12.4. The van der Waals surface area contributed by atoms with Crippen molar-refractivity contribution in [3.8, 4) is 22.7 Å². The van der Waals surface area contributed by atoms with Crippen LogP contribution in [0.2, 0.25) is 0 Å². The molecular weight excluding hydrogens is 454 g/mol. The van der Waals surface area contributed by atoms with Crippen LogP contribution in [-0.2, 0) is 0 Å². The van der Waals surface area contributed by atoms with Gasteiger partial charge in [0.15, 0.2) is 0 Å². The lowest BCUT2D eigenvalue weighted by atomic mass is 10.1. The molecule has 0 bridgehead atoms. The van der Waals surface area contributed by atoms with Crippen LogP contribution in [0.1, 0.15) is 21.6 Å². The van der Waals surface area contributed by atoms with Crippen molar-refractivity contribution in [2.45, 2.75) is 6.92 Å². The number of amides is 1. The van der Waals surface area contributed by atoms with Gasteiger partial charge in [0.2, 0.25) is 0 Å². The van der Waals surface area contributed by atoms with Gasteiger partial charge in [-0.2, -0.15) is 5.10 Å². The molecule has 4 rings (SSSR count). The van der Waals surface area contributed by atoms with E-state index in [0.717, 1.165) is 28.2 Å². The average molecular weight is 474 g/mol. The fourth-order valence-corrected chi connectivity index (χ4v) is 3.71. The number of carbonyl (C=O) groups excluding carboxylic acids is 1. The molecule has 1 aromatic heterocycles. The fraction of sp³-hybridized carbons (Fsp3) is 0.0400. The second-order valence-electron chi connectivity index (χ2n) is 7.02. The van der Waals surface area contributed by atoms with Crippen molar-refractivity contribution in [2.24, 2.45) is 5.10 Å². The van der Waals surface area contributed by atoms with Gasteiger partial charge in [-0.25, -0.2) is 5.43 Å². The topological polar surface area (TPSA) is 66.6 Å². The van der Waals surface area contributed by atoms with Crippen LogP contribution in [-0.4, -0.2) is 21.8 Å². The molecule has 0 saturated carbocycles. The van der Waals surface area contributed by atoms with Crippen LogP contribution < -0.4 is 5.43 Å². The lowest BCUT2D eigenvalue weighted by molar-refractivity contribution is 0.0955. The van der Waals surface area contributed by atoms with E-state index in [1.54, 1.807) is 30.3 Å². The molecule has 0 atom stereocenters. The Balaban J connectivity index is 1.50. The summed E-state index contributed by atoms with van der Waals surface area (Å²) in [5.74, 6) is -0.150. The van der Waals surface area contributed by atoms with Crippen molar-refractivity contribution in [1.29, 1.82) is 0 Å². The Bertz CT molecular complexity index is 1250. The van der Waals surface area contributed by atoms with E-state index in [-0.39, 0.29) is 11.7 Å². The number of phenols is 1. The predicted molar refractivity (Wildman–Crippen MR) is 127 cm³/mol. The maximum absolute atomic E-state index is 12.4. The number of hydrazone groups is 1. The van der Waals surface area contributed by atoms with Gasteiger partial charge in [-0.15, -0.1) is 0 Å². The maximum Gasteiger partial charge on any atom is 0.271 e. The second-order valence-corrected chi connectivity index (χ2v) is 7.87. The molecule has 0 aliphatic heterocycles. The number of carbonyl (C=O) groups is 1. The van der Waals surface area contributed by atoms with Gasteiger partial charge in [0.1, 0.15) is 5.75 Å². The third kappa shape index (κ3) is 4.59. The van der Waals surface area contributed by atoms with Gasteiger partial charge < -0.3 is 9.67 Å². The Hall–Kier alpha value is -3.64. The second kappa shape index (κ2) is 9.02. The van der Waals surface area contributed by atoms with Crippen LogP contribution in [0, 0.1) is 6.92 Å². The number of rotatable bonds is 5. The smallest absolute Gasteiger partial charge is 0.271 e. The summed E-state index contributed by atoms with van der Waals surface area (Å²) < 4.78 is 2.73. The van der Waals surface area contributed by atoms with Gasteiger partial charge in [0.25, 0.3) is 5.91 Å². The van der Waals surface area contributed by atoms with Crippen molar-refractivity contribution in [3.63, 3.8) is 0 Å². The zero-order valence-corrected chi connectivity index (χ0v) is 18.4. The van der Waals surface area contributed by atoms with E-state index in [1.165, 1.54) is 6.21 Å². The molecular formula is C25H20BrN3O2. The monoisotopic (exact) mass is 473 g/mol. The third-order valence-corrected chi connectivity index (χ3v) is 5.52. The summed E-state index contributed by atoms with van der Waals surface area (Å²) >= 11 is 3.25. The summed E-state index contributed by atoms with van der Waals surface area (Å²) in [6.07, 6.45) is 1.52. The van der Waals surface area contributed by atoms with E-state index in [4.69, 9.17) is 0 Å². The first kappa shape index (κ1) is 20.6. The Morgan fingerprint density at radius 2 is 1.74 bits per heavy atom. The molecule has 4 aromatic rings. The molecule has 0 radical (unpaired) electrons. The first-order valence-corrected chi connectivity index (χ1v) is 10.5. The highest BCUT2D eigenvalue weighted by molar-refractivity contribution is 9.10. The van der Waals surface area contributed by atoms with E-state index in [1.807, 2.05) is 30.3 Å². The highest BCUT2D eigenvalue weighted by Gasteiger charge is 2.10. The third-order valence-electron chi connectivity index (χ3n) is 4.88. The van der Waals surface area contributed by atoms with Gasteiger partial charge in [-0.1, -0.05) is 30.3 Å². The summed E-state index contributed by atoms with van der Waals surface area (Å²) in [5, 5.41) is 13.5. The normalized spacial score (nSPS) is 11.0. The van der Waals surface area contributed by atoms with E-state index >= 15 is 0 Å². The highest BCUT2D eigenvalue weighted by Crippen LogP contribution is 2.26. The standard InChI is InChI=1S/C25H20BrN3O2/c1-17-7-13-23(19-5-3-2-4-6-19)29(17)21-11-9-20(10-12-21)25(31)28-27-16-18-8-14-24(30)22(26)15-18/h2-16,30H,1H3,(H,28,31)/b27-16+. The molecule has 6 heteroatoms. The van der Waals surface area contributed by atoms with E-state index in [2.05, 4.69) is 62.2 Å². The molecule has 0 aliphatic carbocycles. The van der Waals surface area contributed by atoms with Crippen molar-refractivity contribution in [3.05, 3.63) is 106 Å². The van der Waals surface area contributed by atoms with E-state index < -0.39 is 0 Å². The molecule has 5 nitrogen and oxygen atoms in total. The molecule has 1 heterocycles. The Morgan fingerprint density at radius 3 is 2.45 bits per heavy atom. The Kier molecular flexibility index (Phi) is 6.00. The molecule has 0 spiro atoms. The number of phenolic OH excluding ortho intramolecular Hbond substituents is 1. The molecule has 154 valence electrons. The summed E-state index contributed by atoms with van der Waals surface area (Å²) in [6.45, 7) is 2.06. The molecule has 3 aromatic carbocycles. The fourth-order valence-electron chi connectivity index (χ4n) is 3.31. The number of benzene rings is 3. The number of aryl methyl sites for hydroxylation is 1. The molecule has 0 aliphatic rings. The molecule has 31 heavy (non-hydrogen) atoms. The van der Waals surface area contributed by atoms with Crippen molar-refractivity contribution < 1.29 is 9.90 Å². The van der Waals surface area contributed by atoms with Crippen LogP contribution in [0.5, 0.6) is 5.75 Å². The largest absolute Gasteiger partial charge is 0.507 e. The van der Waals surface area contributed by atoms with Crippen molar-refractivity contribution >= 4 is 28.1 Å². The number of hydrogen-bond acceptors (Lipinski definition) is 3. The van der Waals surface area contributed by atoms with Gasteiger partial charge in [0, 0.05) is 16.9 Å². The van der Waals surface area contributed by atoms with Crippen molar-refractivity contribution in [1.82, 2.24) is 9.99 Å². The summed E-state index contributed by atoms with van der Waals surface area (Å²) in [5.41, 5.74) is 8.11. The number of hydrogen-bond donors (Lipinski definition) is 2. The minimum Gasteiger partial charge on any atom is -0.507 e. The lowest BCUT2D eigenvalue weighted by Gasteiger charge is -2.12. The first-order chi connectivity index (χ1) is 15.0. The number of nitrogens with one attached hydrogen (secondary N) is 1. The molecule has 2 N–H and O–H groups in total. The van der Waals surface area contributed by atoms with Crippen LogP contribution in [0.25, 0.3) is 16.9 Å². The lowest BCUT2D eigenvalue weighted by Crippen LogP contribution is -2.17. The summed E-state index contributed by atoms with van der Waals surface area (Å²) in [6, 6.07) is 26.8. The molecule has 0 unspecified atom stereocenters. The summed E-state index contributed by atoms with van der Waals surface area (Å²) in [4.78, 5) is 12.4. The number of aromatic hydroxyl groups is 1. The minimum atomic E-state index is -0.298. The average Bonchev–Trinajstić information content (AvgIpc) is 3.18. The van der Waals surface area contributed by atoms with Crippen LogP contribution in [0.3, 0.4) is 0 Å². The van der Waals surface area contributed by atoms with Gasteiger partial charge in [0.05, 0.1) is 16.4 Å². The zero-order valence-electron chi connectivity index (χ0n) is 16.8. The Morgan fingerprint density at radius 1 is 1.00 bits per heavy atom. The number of nitrogens with zero attached hydrogens (tertiary/aromatic N) is 2. The summed E-state index contributed by atoms with van der Waals surface area (Å²) in [7, 11) is 0. The van der Waals surface area contributed by atoms with Crippen LogP contribution >= 0.6 is 15.9 Å². The predicted octanol–water partition coefficient (Wildman–Crippen LogP) is 5.68. The SMILES string of the molecule is Cc1ccc(-c2ccccc2)n1-c1ccc(C(=O)N/N=C/c2ccc(O)c(Br)c2)cc1. The van der Waals surface area contributed by atoms with Gasteiger partial charge in [-0.3, -0.25) is 4.79 Å². The molecule has 0 saturated heterocycles. The van der Waals surface area contributed by atoms with Crippen LogP contribution in [0.15, 0.2) is 94.5 Å². The van der Waals surface area contributed by atoms with E-state index in [0.29, 0.717) is 10.0 Å². The minimum absolute atomic E-state index is 0.148. The highest BCUT2D eigenvalue weighted by atomic mass is 79.9. The molecule has 0 fully saturated rings. The van der Waals surface area contributed by atoms with Crippen molar-refractivity contribution in [2.75, 3.05) is 0 Å². The first-order valence-electron chi connectivity index (χ1n) is 9.69. The molecule has 1 amide bonds.